The molecule has 0 spiro atoms. The molecular formula is C29H25N5O2S. The zero-order valence-electron chi connectivity index (χ0n) is 20.2. The number of para-hydroxylation sites is 3. The Labute approximate surface area is 219 Å². The zero-order valence-corrected chi connectivity index (χ0v) is 21.0. The fourth-order valence-electron chi connectivity index (χ4n) is 5.06. The van der Waals surface area contributed by atoms with E-state index >= 15 is 0 Å². The van der Waals surface area contributed by atoms with Gasteiger partial charge in [-0.2, -0.15) is 10.3 Å². The van der Waals surface area contributed by atoms with Gasteiger partial charge in [0.05, 0.1) is 22.1 Å². The summed E-state index contributed by atoms with van der Waals surface area (Å²) in [5.74, 6) is 0.731. The molecule has 2 N–H and O–H groups in total. The number of aliphatic imine (C=N–C) groups is 1. The molecule has 2 aliphatic heterocycles. The molecule has 0 radical (unpaired) electrons. The lowest BCUT2D eigenvalue weighted by Crippen LogP contribution is -2.99. The number of hydrogen-bond acceptors (Lipinski definition) is 7. The van der Waals surface area contributed by atoms with Crippen LogP contribution in [0.2, 0.25) is 0 Å². The molecule has 0 bridgehead atoms. The van der Waals surface area contributed by atoms with Crippen LogP contribution in [0.25, 0.3) is 0 Å². The largest absolute Gasteiger partial charge is 0.595 e. The van der Waals surface area contributed by atoms with Crippen molar-refractivity contribution in [2.24, 2.45) is 10.1 Å². The van der Waals surface area contributed by atoms with Crippen LogP contribution < -0.4 is 15.1 Å². The van der Waals surface area contributed by atoms with Gasteiger partial charge in [0.1, 0.15) is 0 Å². The lowest BCUT2D eigenvalue weighted by atomic mass is 9.92. The van der Waals surface area contributed by atoms with Crippen molar-refractivity contribution in [2.45, 2.75) is 12.1 Å². The van der Waals surface area contributed by atoms with Crippen LogP contribution >= 0.6 is 11.8 Å². The highest BCUT2D eigenvalue weighted by Crippen LogP contribution is 2.51. The molecule has 2 aliphatic rings. The van der Waals surface area contributed by atoms with Gasteiger partial charge in [-0.05, 0) is 42.7 Å². The third-order valence-electron chi connectivity index (χ3n) is 6.75. The smallest absolute Gasteiger partial charge is 0.172 e. The summed E-state index contributed by atoms with van der Waals surface area (Å²) in [6.07, 6.45) is 2.66. The van der Waals surface area contributed by atoms with Crippen molar-refractivity contribution in [3.63, 3.8) is 0 Å². The number of anilines is 2. The van der Waals surface area contributed by atoms with E-state index < -0.39 is 10.9 Å². The summed E-state index contributed by atoms with van der Waals surface area (Å²) in [6, 6.07) is 35.6. The Morgan fingerprint density at radius 3 is 2.19 bits per heavy atom. The maximum Gasteiger partial charge on any atom is 0.172 e. The van der Waals surface area contributed by atoms with Gasteiger partial charge in [-0.15, -0.1) is 11.8 Å². The maximum atomic E-state index is 11.5. The molecule has 0 saturated heterocycles. The molecule has 1 unspecified atom stereocenters. The molecular weight excluding hydrogens is 482 g/mol. The Morgan fingerprint density at radius 2 is 1.51 bits per heavy atom. The van der Waals surface area contributed by atoms with Crippen molar-refractivity contribution in [1.82, 2.24) is 0 Å². The van der Waals surface area contributed by atoms with Crippen LogP contribution in [0, 0.1) is 5.21 Å². The molecule has 0 saturated carbocycles. The minimum atomic E-state index is -0.956. The number of nitrogens with one attached hydrogen (secondary N) is 1. The average Bonchev–Trinajstić information content (AvgIpc) is 3.21. The number of nitrogens with zero attached hydrogens (tertiary/aromatic N) is 4. The molecule has 0 fully saturated rings. The monoisotopic (exact) mass is 507 g/mol. The fourth-order valence-corrected chi connectivity index (χ4v) is 5.59. The number of thioether (sulfide) groups is 1. The van der Waals surface area contributed by atoms with Gasteiger partial charge in [0, 0.05) is 29.7 Å². The number of quaternary nitrogens is 1. The second-order valence-electron chi connectivity index (χ2n) is 8.85. The first-order valence-corrected chi connectivity index (χ1v) is 13.2. The molecule has 0 aromatic heterocycles. The third-order valence-corrected chi connectivity index (χ3v) is 7.46. The van der Waals surface area contributed by atoms with Crippen LogP contribution in [-0.2, 0) is 5.66 Å². The van der Waals surface area contributed by atoms with Crippen LogP contribution in [-0.4, -0.2) is 22.3 Å². The molecule has 7 nitrogen and oxygen atoms in total. The van der Waals surface area contributed by atoms with Gasteiger partial charge in [0.2, 0.25) is 0 Å². The number of amidine groups is 1. The second-order valence-corrected chi connectivity index (χ2v) is 9.73. The number of benzene rings is 4. The average molecular weight is 508 g/mol. The Kier molecular flexibility index (Phi) is 6.02. The molecule has 2 heterocycles. The Balaban J connectivity index is 1.66. The topological polar surface area (TPSA) is 78.9 Å². The van der Waals surface area contributed by atoms with E-state index in [2.05, 4.69) is 58.6 Å². The molecule has 4 aromatic carbocycles. The van der Waals surface area contributed by atoms with E-state index in [0.717, 1.165) is 39.1 Å². The summed E-state index contributed by atoms with van der Waals surface area (Å²) in [6.45, 7) is 0. The van der Waals surface area contributed by atoms with Crippen molar-refractivity contribution in [2.75, 3.05) is 16.2 Å². The van der Waals surface area contributed by atoms with Gasteiger partial charge in [-0.1, -0.05) is 60.7 Å². The Hall–Kier alpha value is -3.95. The van der Waals surface area contributed by atoms with Gasteiger partial charge in [0.25, 0.3) is 0 Å². The summed E-state index contributed by atoms with van der Waals surface area (Å²) in [7, 11) is 0. The van der Waals surface area contributed by atoms with E-state index in [1.165, 1.54) is 0 Å². The highest BCUT2D eigenvalue weighted by molar-refractivity contribution is 8.13. The van der Waals surface area contributed by atoms with E-state index in [9.17, 15) is 10.4 Å². The number of fused-ring (bicyclic) bond motifs is 3. The molecule has 184 valence electrons. The quantitative estimate of drug-likeness (QED) is 0.360. The Morgan fingerprint density at radius 1 is 0.865 bits per heavy atom. The van der Waals surface area contributed by atoms with Gasteiger partial charge < -0.3 is 5.21 Å². The van der Waals surface area contributed by atoms with Gasteiger partial charge in [-0.25, -0.2) is 15.2 Å². The van der Waals surface area contributed by atoms with E-state index in [4.69, 9.17) is 10.1 Å². The lowest BCUT2D eigenvalue weighted by Gasteiger charge is -2.44. The van der Waals surface area contributed by atoms with Crippen molar-refractivity contribution < 1.29 is 10.4 Å². The molecule has 8 heteroatoms. The standard InChI is InChI=1S/C29H25N5O2S/c1-37-27-20-29(22-10-4-2-5-11-22)32(26-15-9-8-14-25(26)30-27)28(21-16-18-24(19-17-21)34(35)36)31-33(29)23-12-6-3-7-13-23/h2-19,34-35H,20H2,1H3/t29-/m1/s1. The van der Waals surface area contributed by atoms with Crippen LogP contribution in [0.1, 0.15) is 17.5 Å². The molecule has 0 amide bonds. The molecule has 37 heavy (non-hydrogen) atoms. The zero-order chi connectivity index (χ0) is 25.4. The Bertz CT molecular complexity index is 1480. The summed E-state index contributed by atoms with van der Waals surface area (Å²) in [5, 5.41) is 28.4. The molecule has 4 aromatic rings. The van der Waals surface area contributed by atoms with Crippen LogP contribution in [0.3, 0.4) is 0 Å². The van der Waals surface area contributed by atoms with Crippen molar-refractivity contribution in [3.05, 3.63) is 126 Å². The fraction of sp³-hybridized carbons (Fsp3) is 0.103. The van der Waals surface area contributed by atoms with Gasteiger partial charge in [0.15, 0.2) is 17.2 Å². The first kappa shape index (κ1) is 23.4. The molecule has 0 aliphatic carbocycles. The van der Waals surface area contributed by atoms with E-state index in [1.54, 1.807) is 23.9 Å². The van der Waals surface area contributed by atoms with Crippen molar-refractivity contribution in [1.29, 1.82) is 0 Å². The summed E-state index contributed by atoms with van der Waals surface area (Å²) >= 11 is 1.64. The van der Waals surface area contributed by atoms with Gasteiger partial charge in [-0.3, -0.25) is 4.90 Å². The van der Waals surface area contributed by atoms with Crippen LogP contribution in [0.5, 0.6) is 0 Å². The van der Waals surface area contributed by atoms with E-state index in [1.807, 2.05) is 54.6 Å². The number of hydrogen-bond donors (Lipinski definition) is 2. The second kappa shape index (κ2) is 9.49. The number of rotatable bonds is 4. The predicted molar refractivity (Wildman–Crippen MR) is 150 cm³/mol. The minimum Gasteiger partial charge on any atom is -0.595 e. The maximum absolute atomic E-state index is 11.5. The van der Waals surface area contributed by atoms with Crippen LogP contribution in [0.15, 0.2) is 119 Å². The summed E-state index contributed by atoms with van der Waals surface area (Å²) in [4.78, 5) is 7.35. The molecule has 6 rings (SSSR count). The first-order chi connectivity index (χ1) is 18.1. The van der Waals surface area contributed by atoms with Crippen LogP contribution in [0.4, 0.5) is 22.7 Å². The minimum absolute atomic E-state index is 0.237. The highest BCUT2D eigenvalue weighted by Gasteiger charge is 2.54. The SMILES string of the molecule is CSC1=Nc2ccccc2N2C(c3ccc([NH+]([O-])O)cc3)=NN(c3ccccc3)[C@@]2(c2ccccc2)C1. The summed E-state index contributed by atoms with van der Waals surface area (Å²) < 4.78 is 0. The highest BCUT2D eigenvalue weighted by atomic mass is 32.2. The first-order valence-electron chi connectivity index (χ1n) is 12.0. The van der Waals surface area contributed by atoms with E-state index in [-0.39, 0.29) is 5.69 Å². The lowest BCUT2D eigenvalue weighted by molar-refractivity contribution is -0.991. The predicted octanol–water partition coefficient (Wildman–Crippen LogP) is 5.43. The normalized spacial score (nSPS) is 19.4. The summed E-state index contributed by atoms with van der Waals surface area (Å²) in [5.41, 5.74) is 4.17. The van der Waals surface area contributed by atoms with E-state index in [0.29, 0.717) is 6.42 Å². The van der Waals surface area contributed by atoms with Gasteiger partial charge >= 0.3 is 0 Å². The van der Waals surface area contributed by atoms with Crippen molar-refractivity contribution >= 4 is 45.4 Å². The number of hydrazone groups is 1. The third kappa shape index (κ3) is 3.91. The van der Waals surface area contributed by atoms with Crippen molar-refractivity contribution in [3.8, 4) is 0 Å². The molecule has 2 atom stereocenters.